The van der Waals surface area contributed by atoms with Crippen molar-refractivity contribution in [3.8, 4) is 5.75 Å². The van der Waals surface area contributed by atoms with E-state index >= 15 is 0 Å². The molecular weight excluding hydrogens is 434 g/mol. The van der Waals surface area contributed by atoms with Crippen LogP contribution in [0.25, 0.3) is 11.6 Å². The molecule has 1 heterocycles. The van der Waals surface area contributed by atoms with E-state index in [1.54, 1.807) is 0 Å². The zero-order chi connectivity index (χ0) is 17.3. The van der Waals surface area contributed by atoms with Gasteiger partial charge in [0.25, 0.3) is 5.91 Å². The van der Waals surface area contributed by atoms with Crippen LogP contribution in [0.5, 0.6) is 5.75 Å². The predicted molar refractivity (Wildman–Crippen MR) is 105 cm³/mol. The molecular formula is C19H17Br2NO2. The molecule has 1 aliphatic heterocycles. The van der Waals surface area contributed by atoms with E-state index in [9.17, 15) is 4.79 Å². The molecule has 24 heavy (non-hydrogen) atoms. The second-order valence-electron chi connectivity index (χ2n) is 5.64. The van der Waals surface area contributed by atoms with Gasteiger partial charge in [0, 0.05) is 20.1 Å². The van der Waals surface area contributed by atoms with Gasteiger partial charge in [-0.3, -0.25) is 4.79 Å². The molecule has 3 rings (SSSR count). The summed E-state index contributed by atoms with van der Waals surface area (Å²) in [6, 6.07) is 9.74. The molecule has 1 amide bonds. The Morgan fingerprint density at radius 2 is 1.88 bits per heavy atom. The highest BCUT2D eigenvalue weighted by Crippen LogP contribution is 2.43. The molecule has 1 N–H and O–H groups in total. The summed E-state index contributed by atoms with van der Waals surface area (Å²) < 4.78 is 7.44. The van der Waals surface area contributed by atoms with Crippen molar-refractivity contribution in [1.29, 1.82) is 0 Å². The van der Waals surface area contributed by atoms with Gasteiger partial charge in [-0.2, -0.15) is 0 Å². The maximum absolute atomic E-state index is 12.4. The fourth-order valence-electron chi connectivity index (χ4n) is 2.66. The zero-order valence-electron chi connectivity index (χ0n) is 13.5. The van der Waals surface area contributed by atoms with Crippen LogP contribution in [0, 0.1) is 6.92 Å². The lowest BCUT2D eigenvalue weighted by Gasteiger charge is -2.08. The van der Waals surface area contributed by atoms with Crippen molar-refractivity contribution in [2.45, 2.75) is 20.3 Å². The Kier molecular flexibility index (Phi) is 5.11. The molecule has 0 saturated carbocycles. The molecule has 0 aliphatic carbocycles. The second-order valence-corrected chi connectivity index (χ2v) is 7.35. The summed E-state index contributed by atoms with van der Waals surface area (Å²) in [6.45, 7) is 4.79. The number of carbonyl (C=O) groups is 1. The summed E-state index contributed by atoms with van der Waals surface area (Å²) >= 11 is 7.07. The minimum absolute atomic E-state index is 0.0850. The fourth-order valence-corrected chi connectivity index (χ4v) is 3.92. The van der Waals surface area contributed by atoms with Crippen molar-refractivity contribution in [2.75, 3.05) is 11.9 Å². The maximum atomic E-state index is 12.4. The van der Waals surface area contributed by atoms with E-state index in [1.165, 1.54) is 0 Å². The first-order valence-electron chi connectivity index (χ1n) is 7.76. The maximum Gasteiger partial charge on any atom is 0.256 e. The van der Waals surface area contributed by atoms with Crippen molar-refractivity contribution in [2.24, 2.45) is 0 Å². The Morgan fingerprint density at radius 1 is 1.17 bits per heavy atom. The summed E-state index contributed by atoms with van der Waals surface area (Å²) in [7, 11) is 0. The van der Waals surface area contributed by atoms with Gasteiger partial charge >= 0.3 is 0 Å². The molecule has 0 saturated heterocycles. The Bertz CT molecular complexity index is 826. The van der Waals surface area contributed by atoms with E-state index < -0.39 is 0 Å². The molecule has 2 aromatic carbocycles. The Morgan fingerprint density at radius 3 is 2.54 bits per heavy atom. The first-order chi connectivity index (χ1) is 11.5. The van der Waals surface area contributed by atoms with E-state index in [4.69, 9.17) is 4.74 Å². The van der Waals surface area contributed by atoms with Gasteiger partial charge in [-0.25, -0.2) is 0 Å². The number of rotatable bonds is 4. The Balaban J connectivity index is 1.99. The summed E-state index contributed by atoms with van der Waals surface area (Å²) in [5.41, 5.74) is 4.45. The largest absolute Gasteiger partial charge is 0.494 e. The van der Waals surface area contributed by atoms with Gasteiger partial charge < -0.3 is 10.1 Å². The second kappa shape index (κ2) is 7.11. The number of anilines is 1. The first-order valence-corrected chi connectivity index (χ1v) is 9.34. The third-order valence-electron chi connectivity index (χ3n) is 3.89. The van der Waals surface area contributed by atoms with Crippen molar-refractivity contribution in [3.63, 3.8) is 0 Å². The van der Waals surface area contributed by atoms with Crippen molar-refractivity contribution < 1.29 is 9.53 Å². The lowest BCUT2D eigenvalue weighted by molar-refractivity contribution is -0.110. The minimum atomic E-state index is -0.0850. The Hall–Kier alpha value is -1.59. The van der Waals surface area contributed by atoms with Crippen LogP contribution in [0.4, 0.5) is 5.69 Å². The van der Waals surface area contributed by atoms with Crippen LogP contribution in [-0.2, 0) is 4.79 Å². The van der Waals surface area contributed by atoms with E-state index in [2.05, 4.69) is 44.1 Å². The zero-order valence-corrected chi connectivity index (χ0v) is 16.6. The average molecular weight is 451 g/mol. The normalized spacial score (nSPS) is 14.7. The summed E-state index contributed by atoms with van der Waals surface area (Å²) in [6.07, 6.45) is 2.89. The van der Waals surface area contributed by atoms with Crippen LogP contribution in [0.3, 0.4) is 0 Å². The number of amides is 1. The summed E-state index contributed by atoms with van der Waals surface area (Å²) in [4.78, 5) is 12.4. The number of carbonyl (C=O) groups excluding carboxylic acids is 1. The van der Waals surface area contributed by atoms with E-state index in [-0.39, 0.29) is 5.91 Å². The number of nitrogens with one attached hydrogen (secondary N) is 1. The van der Waals surface area contributed by atoms with E-state index in [0.29, 0.717) is 12.2 Å². The highest BCUT2D eigenvalue weighted by Gasteiger charge is 2.28. The molecule has 2 aromatic rings. The number of hydrogen-bond donors (Lipinski definition) is 1. The number of fused-ring (bicyclic) bond motifs is 1. The molecule has 0 unspecified atom stereocenters. The summed E-state index contributed by atoms with van der Waals surface area (Å²) in [5, 5.41) is 2.94. The van der Waals surface area contributed by atoms with Crippen molar-refractivity contribution in [3.05, 3.63) is 56.0 Å². The highest BCUT2D eigenvalue weighted by molar-refractivity contribution is 9.11. The predicted octanol–water partition coefficient (Wildman–Crippen LogP) is 5.80. The van der Waals surface area contributed by atoms with Crippen LogP contribution < -0.4 is 10.1 Å². The molecule has 0 aromatic heterocycles. The lowest BCUT2D eigenvalue weighted by atomic mass is 9.99. The third-order valence-corrected chi connectivity index (χ3v) is 5.34. The van der Waals surface area contributed by atoms with Gasteiger partial charge in [-0.15, -0.1) is 0 Å². The van der Waals surface area contributed by atoms with Gasteiger partial charge in [0.1, 0.15) is 5.75 Å². The lowest BCUT2D eigenvalue weighted by Crippen LogP contribution is -2.03. The number of hydrogen-bond acceptors (Lipinski definition) is 2. The molecule has 0 spiro atoms. The molecule has 3 nitrogen and oxygen atoms in total. The van der Waals surface area contributed by atoms with Crippen molar-refractivity contribution in [1.82, 2.24) is 0 Å². The number of halogens is 2. The van der Waals surface area contributed by atoms with Gasteiger partial charge in [-0.05, 0) is 64.7 Å². The number of benzene rings is 2. The fraction of sp³-hybridized carbons (Fsp3) is 0.211. The summed E-state index contributed by atoms with van der Waals surface area (Å²) in [5.74, 6) is 0.759. The van der Waals surface area contributed by atoms with Crippen LogP contribution in [0.1, 0.15) is 30.0 Å². The minimum Gasteiger partial charge on any atom is -0.494 e. The van der Waals surface area contributed by atoms with Gasteiger partial charge in [-0.1, -0.05) is 35.0 Å². The molecule has 124 valence electrons. The molecule has 0 fully saturated rings. The van der Waals surface area contributed by atoms with Gasteiger partial charge in [0.05, 0.1) is 12.3 Å². The third kappa shape index (κ3) is 3.28. The van der Waals surface area contributed by atoms with Crippen molar-refractivity contribution >= 4 is 55.1 Å². The molecule has 1 aliphatic rings. The monoisotopic (exact) mass is 449 g/mol. The smallest absolute Gasteiger partial charge is 0.256 e. The highest BCUT2D eigenvalue weighted by atomic mass is 79.9. The molecule has 0 radical (unpaired) electrons. The molecule has 0 atom stereocenters. The van der Waals surface area contributed by atoms with Gasteiger partial charge in [0.15, 0.2) is 0 Å². The molecule has 5 heteroatoms. The van der Waals surface area contributed by atoms with Crippen LogP contribution in [0.15, 0.2) is 39.3 Å². The quantitative estimate of drug-likeness (QED) is 0.597. The average Bonchev–Trinajstić information content (AvgIpc) is 2.89. The van der Waals surface area contributed by atoms with E-state index in [1.807, 2.05) is 43.3 Å². The van der Waals surface area contributed by atoms with Gasteiger partial charge in [0.2, 0.25) is 0 Å². The van der Waals surface area contributed by atoms with E-state index in [0.717, 1.165) is 43.5 Å². The molecule has 0 bridgehead atoms. The number of ether oxygens (including phenoxy) is 1. The standard InChI is InChI=1S/C19H17Br2NO2/c1-3-8-24-13-6-4-12(5-7-13)9-14-17-11(2)15(20)10-16(21)18(17)22-19(14)23/h4-7,9-10H,3,8H2,1-2H3,(H,22,23). The SMILES string of the molecule is CCCOc1ccc(C=C2C(=O)Nc3c(Br)cc(Br)c(C)c32)cc1. The van der Waals surface area contributed by atoms with Crippen LogP contribution in [-0.4, -0.2) is 12.5 Å². The van der Waals surface area contributed by atoms with Crippen LogP contribution >= 0.6 is 31.9 Å². The first kappa shape index (κ1) is 17.2. The topological polar surface area (TPSA) is 38.3 Å². The van der Waals surface area contributed by atoms with Crippen LogP contribution in [0.2, 0.25) is 0 Å². The Labute approximate surface area is 158 Å².